The van der Waals surface area contributed by atoms with Crippen LogP contribution in [0, 0.1) is 0 Å². The molecule has 1 saturated heterocycles. The fourth-order valence-electron chi connectivity index (χ4n) is 3.00. The maximum Gasteiger partial charge on any atom is 0.275 e. The van der Waals surface area contributed by atoms with Gasteiger partial charge in [0.15, 0.2) is 0 Å². The summed E-state index contributed by atoms with van der Waals surface area (Å²) in [6.45, 7) is 9.82. The number of aryl methyl sites for hydroxylation is 1. The summed E-state index contributed by atoms with van der Waals surface area (Å²) < 4.78 is 9.13. The molecule has 1 aliphatic rings. The normalized spacial score (nSPS) is 16.2. The molecular formula is C17H23N3O2. The molecule has 0 aromatic carbocycles. The number of ether oxygens (including phenoxy) is 1. The number of morpholine rings is 1. The molecule has 0 unspecified atom stereocenters. The van der Waals surface area contributed by atoms with Gasteiger partial charge in [-0.3, -0.25) is 9.69 Å². The molecule has 22 heavy (non-hydrogen) atoms. The summed E-state index contributed by atoms with van der Waals surface area (Å²) in [5.41, 5.74) is 0.861. The number of hydrogen-bond donors (Lipinski definition) is 0. The largest absolute Gasteiger partial charge is 0.379 e. The molecular weight excluding hydrogens is 278 g/mol. The second-order valence-corrected chi connectivity index (χ2v) is 5.68. The topological polar surface area (TPSA) is 39.4 Å². The summed E-state index contributed by atoms with van der Waals surface area (Å²) >= 11 is 0. The molecule has 2 aromatic heterocycles. The van der Waals surface area contributed by atoms with Crippen LogP contribution in [-0.2, 0) is 17.8 Å². The Kier molecular flexibility index (Phi) is 4.75. The summed E-state index contributed by atoms with van der Waals surface area (Å²) in [4.78, 5) is 15.0. The van der Waals surface area contributed by atoms with Gasteiger partial charge in [0.1, 0.15) is 5.52 Å². The summed E-state index contributed by atoms with van der Waals surface area (Å²) in [6, 6.07) is 4.00. The molecule has 0 bridgehead atoms. The van der Waals surface area contributed by atoms with E-state index in [4.69, 9.17) is 4.74 Å². The minimum Gasteiger partial charge on any atom is -0.379 e. The van der Waals surface area contributed by atoms with Gasteiger partial charge in [-0.15, -0.1) is 6.58 Å². The van der Waals surface area contributed by atoms with Crippen LogP contribution in [0.3, 0.4) is 0 Å². The molecule has 3 heterocycles. The van der Waals surface area contributed by atoms with Crippen LogP contribution < -0.4 is 5.56 Å². The molecule has 0 atom stereocenters. The average molecular weight is 301 g/mol. The molecule has 0 radical (unpaired) electrons. The predicted molar refractivity (Wildman–Crippen MR) is 88.3 cm³/mol. The van der Waals surface area contributed by atoms with E-state index in [2.05, 4.69) is 11.5 Å². The molecule has 1 fully saturated rings. The first kappa shape index (κ1) is 15.1. The lowest BCUT2D eigenvalue weighted by Crippen LogP contribution is -2.37. The Morgan fingerprint density at radius 1 is 1.14 bits per heavy atom. The molecule has 118 valence electrons. The lowest BCUT2D eigenvalue weighted by Gasteiger charge is -2.26. The van der Waals surface area contributed by atoms with Crippen LogP contribution >= 0.6 is 0 Å². The predicted octanol–water partition coefficient (Wildman–Crippen LogP) is 1.71. The first-order valence-corrected chi connectivity index (χ1v) is 7.89. The average Bonchev–Trinajstić information content (AvgIpc) is 2.95. The van der Waals surface area contributed by atoms with Crippen molar-refractivity contribution in [3.63, 3.8) is 0 Å². The quantitative estimate of drug-likeness (QED) is 0.763. The van der Waals surface area contributed by atoms with Crippen molar-refractivity contribution in [1.82, 2.24) is 14.0 Å². The van der Waals surface area contributed by atoms with E-state index in [9.17, 15) is 4.79 Å². The van der Waals surface area contributed by atoms with Crippen molar-refractivity contribution in [3.8, 4) is 0 Å². The maximum atomic E-state index is 12.6. The van der Waals surface area contributed by atoms with Gasteiger partial charge in [-0.1, -0.05) is 6.08 Å². The van der Waals surface area contributed by atoms with Crippen molar-refractivity contribution >= 4 is 10.9 Å². The second kappa shape index (κ2) is 6.94. The van der Waals surface area contributed by atoms with Gasteiger partial charge in [0.2, 0.25) is 0 Å². The number of rotatable bonds is 6. The van der Waals surface area contributed by atoms with E-state index < -0.39 is 0 Å². The van der Waals surface area contributed by atoms with Gasteiger partial charge in [-0.25, -0.2) is 0 Å². The lowest BCUT2D eigenvalue weighted by atomic mass is 10.3. The van der Waals surface area contributed by atoms with Crippen LogP contribution in [0.2, 0.25) is 0 Å². The Balaban J connectivity index is 1.70. The van der Waals surface area contributed by atoms with Crippen LogP contribution in [0.4, 0.5) is 0 Å². The van der Waals surface area contributed by atoms with Crippen LogP contribution in [0.25, 0.3) is 10.9 Å². The Labute approximate surface area is 130 Å². The third-order valence-electron chi connectivity index (χ3n) is 4.20. The number of hydrogen-bond acceptors (Lipinski definition) is 3. The molecule has 0 N–H and O–H groups in total. The Hall–Kier alpha value is -1.85. The fraction of sp³-hybridized carbons (Fsp3) is 0.471. The van der Waals surface area contributed by atoms with Gasteiger partial charge < -0.3 is 13.9 Å². The van der Waals surface area contributed by atoms with Crippen molar-refractivity contribution in [2.75, 3.05) is 32.8 Å². The van der Waals surface area contributed by atoms with Crippen LogP contribution in [-0.4, -0.2) is 46.9 Å². The minimum atomic E-state index is 0.0892. The maximum absolute atomic E-state index is 12.6. The number of pyridine rings is 1. The van der Waals surface area contributed by atoms with Crippen LogP contribution in [0.15, 0.2) is 42.0 Å². The third kappa shape index (κ3) is 3.15. The van der Waals surface area contributed by atoms with E-state index >= 15 is 0 Å². The molecule has 3 rings (SSSR count). The van der Waals surface area contributed by atoms with Crippen LogP contribution in [0.5, 0.6) is 0 Å². The fourth-order valence-corrected chi connectivity index (χ4v) is 3.00. The van der Waals surface area contributed by atoms with E-state index in [1.807, 2.05) is 39.7 Å². The van der Waals surface area contributed by atoms with Gasteiger partial charge in [0.25, 0.3) is 5.56 Å². The minimum absolute atomic E-state index is 0.0892. The molecule has 5 heteroatoms. The molecule has 0 amide bonds. The highest BCUT2D eigenvalue weighted by Crippen LogP contribution is 2.11. The zero-order valence-corrected chi connectivity index (χ0v) is 12.9. The summed E-state index contributed by atoms with van der Waals surface area (Å²) in [5.74, 6) is 0. The highest BCUT2D eigenvalue weighted by atomic mass is 16.5. The van der Waals surface area contributed by atoms with Gasteiger partial charge >= 0.3 is 0 Å². The van der Waals surface area contributed by atoms with Crippen molar-refractivity contribution in [3.05, 3.63) is 47.5 Å². The number of aromatic nitrogens is 2. The summed E-state index contributed by atoms with van der Waals surface area (Å²) in [7, 11) is 0. The summed E-state index contributed by atoms with van der Waals surface area (Å²) in [6.07, 6.45) is 6.65. The first-order valence-electron chi connectivity index (χ1n) is 7.89. The van der Waals surface area contributed by atoms with E-state index in [1.165, 1.54) is 0 Å². The second-order valence-electron chi connectivity index (χ2n) is 5.68. The Bertz CT molecular complexity index is 695. The number of fused-ring (bicyclic) bond motifs is 1. The Morgan fingerprint density at radius 2 is 1.86 bits per heavy atom. The molecule has 0 spiro atoms. The molecule has 2 aromatic rings. The number of nitrogens with zero attached hydrogens (tertiary/aromatic N) is 3. The molecule has 0 aliphatic carbocycles. The zero-order chi connectivity index (χ0) is 15.4. The van der Waals surface area contributed by atoms with E-state index in [0.717, 1.165) is 56.7 Å². The smallest absolute Gasteiger partial charge is 0.275 e. The van der Waals surface area contributed by atoms with Crippen molar-refractivity contribution < 1.29 is 4.74 Å². The highest BCUT2D eigenvalue weighted by molar-refractivity contribution is 5.78. The monoisotopic (exact) mass is 301 g/mol. The molecule has 1 aliphatic heterocycles. The van der Waals surface area contributed by atoms with Gasteiger partial charge in [0.05, 0.1) is 13.2 Å². The van der Waals surface area contributed by atoms with Crippen molar-refractivity contribution in [1.29, 1.82) is 0 Å². The highest BCUT2D eigenvalue weighted by Gasteiger charge is 2.11. The van der Waals surface area contributed by atoms with Crippen LogP contribution in [0.1, 0.15) is 6.42 Å². The molecule has 0 saturated carbocycles. The standard InChI is InChI=1S/C17H23N3O2/c1-2-6-19-9-4-15-5-10-20(17(21)16(15)19)8-3-7-18-11-13-22-14-12-18/h2,4-5,9-10H,1,3,6-8,11-14H2. The van der Waals surface area contributed by atoms with Crippen molar-refractivity contribution in [2.45, 2.75) is 19.5 Å². The van der Waals surface area contributed by atoms with Gasteiger partial charge in [0, 0.05) is 50.5 Å². The van der Waals surface area contributed by atoms with Gasteiger partial charge in [-0.2, -0.15) is 0 Å². The third-order valence-corrected chi connectivity index (χ3v) is 4.20. The van der Waals surface area contributed by atoms with E-state index in [-0.39, 0.29) is 5.56 Å². The van der Waals surface area contributed by atoms with Crippen molar-refractivity contribution in [2.24, 2.45) is 0 Å². The van der Waals surface area contributed by atoms with E-state index in [0.29, 0.717) is 6.54 Å². The van der Waals surface area contributed by atoms with E-state index in [1.54, 1.807) is 0 Å². The lowest BCUT2D eigenvalue weighted by molar-refractivity contribution is 0.0369. The summed E-state index contributed by atoms with van der Waals surface area (Å²) in [5, 5.41) is 0.997. The first-order chi connectivity index (χ1) is 10.8. The Morgan fingerprint density at radius 3 is 2.59 bits per heavy atom. The number of allylic oxidation sites excluding steroid dienone is 1. The van der Waals surface area contributed by atoms with Gasteiger partial charge in [-0.05, 0) is 18.6 Å². The molecule has 5 nitrogen and oxygen atoms in total. The zero-order valence-electron chi connectivity index (χ0n) is 12.9. The SMILES string of the molecule is C=CCn1ccc2ccn(CCCN3CCOCC3)c(=O)c21.